The predicted octanol–water partition coefficient (Wildman–Crippen LogP) is 3.11. The van der Waals surface area contributed by atoms with Crippen LogP contribution in [0.1, 0.15) is 31.9 Å². The molecule has 1 saturated heterocycles. The Bertz CT molecular complexity index is 652. The molecule has 3 rings (SSSR count). The lowest BCUT2D eigenvalue weighted by molar-refractivity contribution is 0.634. The molecule has 0 aliphatic carbocycles. The Labute approximate surface area is 150 Å². The van der Waals surface area contributed by atoms with Crippen molar-refractivity contribution in [2.75, 3.05) is 47.8 Å². The number of unbranched alkanes of at least 4 members (excludes halogenated alkanes) is 2. The molecule has 1 aliphatic rings. The van der Waals surface area contributed by atoms with Crippen molar-refractivity contribution in [3.63, 3.8) is 0 Å². The molecule has 1 aliphatic heterocycles. The third kappa shape index (κ3) is 4.81. The molecule has 0 spiro atoms. The lowest BCUT2D eigenvalue weighted by atomic mass is 10.2. The van der Waals surface area contributed by atoms with Gasteiger partial charge in [-0.1, -0.05) is 25.8 Å². The van der Waals surface area contributed by atoms with Gasteiger partial charge in [0.2, 0.25) is 5.95 Å². The average Bonchev–Trinajstić information content (AvgIpc) is 2.66. The molecule has 134 valence electrons. The van der Waals surface area contributed by atoms with Gasteiger partial charge in [-0.3, -0.25) is 0 Å². The average molecular weight is 340 g/mol. The van der Waals surface area contributed by atoms with Crippen LogP contribution in [0.25, 0.3) is 0 Å². The second kappa shape index (κ2) is 8.65. The number of rotatable bonds is 7. The van der Waals surface area contributed by atoms with Crippen molar-refractivity contribution in [2.45, 2.75) is 33.1 Å². The summed E-state index contributed by atoms with van der Waals surface area (Å²) in [4.78, 5) is 18.4. The third-order valence-corrected chi connectivity index (χ3v) is 4.46. The molecule has 3 heterocycles. The Morgan fingerprint density at radius 1 is 1.04 bits per heavy atom. The van der Waals surface area contributed by atoms with E-state index in [1.807, 2.05) is 31.3 Å². The van der Waals surface area contributed by atoms with Gasteiger partial charge < -0.3 is 15.1 Å². The largest absolute Gasteiger partial charge is 0.370 e. The highest BCUT2D eigenvalue weighted by atomic mass is 15.3. The van der Waals surface area contributed by atoms with E-state index in [-0.39, 0.29) is 0 Å². The minimum Gasteiger partial charge on any atom is -0.370 e. The number of piperazine rings is 1. The zero-order chi connectivity index (χ0) is 17.5. The van der Waals surface area contributed by atoms with E-state index in [0.717, 1.165) is 56.0 Å². The molecule has 0 unspecified atom stereocenters. The number of aromatic nitrogens is 3. The van der Waals surface area contributed by atoms with Crippen LogP contribution in [0.3, 0.4) is 0 Å². The summed E-state index contributed by atoms with van der Waals surface area (Å²) in [6, 6.07) is 8.08. The highest BCUT2D eigenvalue weighted by Crippen LogP contribution is 2.18. The van der Waals surface area contributed by atoms with Crippen LogP contribution in [0.4, 0.5) is 17.6 Å². The quantitative estimate of drug-likeness (QED) is 0.782. The Kier molecular flexibility index (Phi) is 6.04. The summed E-state index contributed by atoms with van der Waals surface area (Å²) in [5.41, 5.74) is 1.01. The molecular formula is C19H28N6. The van der Waals surface area contributed by atoms with Gasteiger partial charge in [0.05, 0.1) is 0 Å². The lowest BCUT2D eigenvalue weighted by Gasteiger charge is -2.35. The molecule has 6 heteroatoms. The Hall–Kier alpha value is -2.37. The Morgan fingerprint density at radius 3 is 2.56 bits per heavy atom. The molecular weight excluding hydrogens is 312 g/mol. The molecule has 1 N–H and O–H groups in total. The molecule has 1 fully saturated rings. The molecule has 2 aromatic rings. The monoisotopic (exact) mass is 340 g/mol. The van der Waals surface area contributed by atoms with E-state index in [4.69, 9.17) is 4.98 Å². The van der Waals surface area contributed by atoms with Gasteiger partial charge in [0.1, 0.15) is 11.6 Å². The van der Waals surface area contributed by atoms with Crippen molar-refractivity contribution in [1.82, 2.24) is 15.0 Å². The highest BCUT2D eigenvalue weighted by Gasteiger charge is 2.20. The van der Waals surface area contributed by atoms with Crippen LogP contribution in [-0.4, -0.2) is 47.7 Å². The second-order valence-electron chi connectivity index (χ2n) is 6.49. The maximum Gasteiger partial charge on any atom is 0.227 e. The van der Waals surface area contributed by atoms with Crippen molar-refractivity contribution in [1.29, 1.82) is 0 Å². The minimum absolute atomic E-state index is 0.832. The predicted molar refractivity (Wildman–Crippen MR) is 103 cm³/mol. The first-order valence-electron chi connectivity index (χ1n) is 9.27. The van der Waals surface area contributed by atoms with Gasteiger partial charge in [-0.05, 0) is 25.5 Å². The molecule has 6 nitrogen and oxygen atoms in total. The van der Waals surface area contributed by atoms with Gasteiger partial charge >= 0.3 is 0 Å². The van der Waals surface area contributed by atoms with Crippen molar-refractivity contribution < 1.29 is 0 Å². The molecule has 0 aromatic carbocycles. The van der Waals surface area contributed by atoms with Crippen LogP contribution in [0.5, 0.6) is 0 Å². The SMILES string of the molecule is CCCCCNc1cc(C)nc(N2CCN(c3ccccn3)CC2)n1. The van der Waals surface area contributed by atoms with Crippen LogP contribution in [-0.2, 0) is 0 Å². The van der Waals surface area contributed by atoms with Crippen molar-refractivity contribution in [2.24, 2.45) is 0 Å². The van der Waals surface area contributed by atoms with Crippen molar-refractivity contribution in [3.8, 4) is 0 Å². The van der Waals surface area contributed by atoms with Crippen LogP contribution in [0, 0.1) is 6.92 Å². The third-order valence-electron chi connectivity index (χ3n) is 4.46. The summed E-state index contributed by atoms with van der Waals surface area (Å²) in [6.45, 7) is 8.92. The standard InChI is InChI=1S/C19H28N6/c1-3-4-6-9-20-17-15-16(2)22-19(23-17)25-13-11-24(12-14-25)18-8-5-7-10-21-18/h5,7-8,10,15H,3-4,6,9,11-14H2,1-2H3,(H,20,22,23). The number of hydrogen-bond acceptors (Lipinski definition) is 6. The van der Waals surface area contributed by atoms with E-state index in [0.29, 0.717) is 0 Å². The summed E-state index contributed by atoms with van der Waals surface area (Å²) in [6.07, 6.45) is 5.51. The molecule has 0 radical (unpaired) electrons. The van der Waals surface area contributed by atoms with Crippen LogP contribution < -0.4 is 15.1 Å². The number of pyridine rings is 1. The fraction of sp³-hybridized carbons (Fsp3) is 0.526. The Morgan fingerprint density at radius 2 is 1.84 bits per heavy atom. The summed E-state index contributed by atoms with van der Waals surface area (Å²) in [5.74, 6) is 2.81. The van der Waals surface area contributed by atoms with Gasteiger partial charge in [-0.25, -0.2) is 9.97 Å². The van der Waals surface area contributed by atoms with E-state index < -0.39 is 0 Å². The fourth-order valence-corrected chi connectivity index (χ4v) is 3.05. The fourth-order valence-electron chi connectivity index (χ4n) is 3.05. The van der Waals surface area contributed by atoms with Crippen molar-refractivity contribution in [3.05, 3.63) is 36.2 Å². The Balaban J connectivity index is 1.60. The van der Waals surface area contributed by atoms with E-state index in [1.165, 1.54) is 19.3 Å². The summed E-state index contributed by atoms with van der Waals surface area (Å²) < 4.78 is 0. The second-order valence-corrected chi connectivity index (χ2v) is 6.49. The van der Waals surface area contributed by atoms with Gasteiger partial charge in [0, 0.05) is 50.7 Å². The zero-order valence-electron chi connectivity index (χ0n) is 15.3. The molecule has 0 saturated carbocycles. The summed E-state index contributed by atoms with van der Waals surface area (Å²) in [7, 11) is 0. The highest BCUT2D eigenvalue weighted by molar-refractivity contribution is 5.46. The van der Waals surface area contributed by atoms with Crippen LogP contribution in [0.2, 0.25) is 0 Å². The topological polar surface area (TPSA) is 57.2 Å². The molecule has 0 atom stereocenters. The van der Waals surface area contributed by atoms with Crippen LogP contribution in [0.15, 0.2) is 30.5 Å². The summed E-state index contributed by atoms with van der Waals surface area (Å²) in [5, 5.41) is 3.44. The van der Waals surface area contributed by atoms with E-state index in [2.05, 4.69) is 38.1 Å². The van der Waals surface area contributed by atoms with E-state index in [9.17, 15) is 0 Å². The molecule has 25 heavy (non-hydrogen) atoms. The summed E-state index contributed by atoms with van der Waals surface area (Å²) >= 11 is 0. The van der Waals surface area contributed by atoms with Crippen molar-refractivity contribution >= 4 is 17.6 Å². The first-order chi connectivity index (χ1) is 12.3. The molecule has 2 aromatic heterocycles. The number of anilines is 3. The first-order valence-corrected chi connectivity index (χ1v) is 9.27. The molecule has 0 amide bonds. The van der Waals surface area contributed by atoms with E-state index >= 15 is 0 Å². The number of nitrogens with one attached hydrogen (secondary N) is 1. The number of hydrogen-bond donors (Lipinski definition) is 1. The zero-order valence-corrected chi connectivity index (χ0v) is 15.3. The number of nitrogens with zero attached hydrogens (tertiary/aromatic N) is 5. The lowest BCUT2D eigenvalue weighted by Crippen LogP contribution is -2.47. The first kappa shape index (κ1) is 17.5. The molecule has 0 bridgehead atoms. The van der Waals surface area contributed by atoms with Crippen LogP contribution >= 0.6 is 0 Å². The van der Waals surface area contributed by atoms with E-state index in [1.54, 1.807) is 0 Å². The number of aryl methyl sites for hydroxylation is 1. The van der Waals surface area contributed by atoms with Gasteiger partial charge in [-0.15, -0.1) is 0 Å². The normalized spacial score (nSPS) is 14.6. The smallest absolute Gasteiger partial charge is 0.227 e. The van der Waals surface area contributed by atoms with Gasteiger partial charge in [0.15, 0.2) is 0 Å². The van der Waals surface area contributed by atoms with Gasteiger partial charge in [0.25, 0.3) is 0 Å². The van der Waals surface area contributed by atoms with Gasteiger partial charge in [-0.2, -0.15) is 4.98 Å². The maximum absolute atomic E-state index is 4.72. The maximum atomic E-state index is 4.72. The minimum atomic E-state index is 0.832.